The van der Waals surface area contributed by atoms with Crippen LogP contribution in [0.15, 0.2) is 47.9 Å². The van der Waals surface area contributed by atoms with Crippen LogP contribution in [0.4, 0.5) is 10.1 Å². The van der Waals surface area contributed by atoms with Gasteiger partial charge in [-0.25, -0.2) is 4.39 Å². The third-order valence-electron chi connectivity index (χ3n) is 5.65. The Balaban J connectivity index is 0.000000258. The van der Waals surface area contributed by atoms with E-state index < -0.39 is 0 Å². The van der Waals surface area contributed by atoms with Crippen LogP contribution in [0, 0.1) is 12.7 Å². The van der Waals surface area contributed by atoms with Gasteiger partial charge >= 0.3 is 0 Å². The van der Waals surface area contributed by atoms with Crippen molar-refractivity contribution in [1.82, 2.24) is 10.6 Å². The summed E-state index contributed by atoms with van der Waals surface area (Å²) in [5, 5.41) is 9.48. The zero-order valence-corrected chi connectivity index (χ0v) is 20.1. The molecular weight excluding hydrogens is 403 g/mol. The minimum Gasteiger partial charge on any atom is -0.476 e. The minimum absolute atomic E-state index is 0.193. The number of anilines is 1. The van der Waals surface area contributed by atoms with Crippen LogP contribution < -0.4 is 16.0 Å². The van der Waals surface area contributed by atoms with Crippen LogP contribution in [-0.2, 0) is 4.74 Å². The van der Waals surface area contributed by atoms with Gasteiger partial charge in [0.2, 0.25) is 0 Å². The van der Waals surface area contributed by atoms with E-state index in [1.54, 1.807) is 13.0 Å². The summed E-state index contributed by atoms with van der Waals surface area (Å²) in [6.45, 7) is 15.3. The van der Waals surface area contributed by atoms with E-state index in [0.717, 1.165) is 43.2 Å². The molecule has 0 amide bonds. The van der Waals surface area contributed by atoms with Crippen molar-refractivity contribution in [3.8, 4) is 0 Å². The van der Waals surface area contributed by atoms with Crippen molar-refractivity contribution < 1.29 is 9.13 Å². The first kappa shape index (κ1) is 25.9. The highest BCUT2D eigenvalue weighted by Gasteiger charge is 2.15. The van der Waals surface area contributed by atoms with Crippen molar-refractivity contribution in [2.75, 3.05) is 18.4 Å². The van der Waals surface area contributed by atoms with Gasteiger partial charge in [-0.1, -0.05) is 38.3 Å². The summed E-state index contributed by atoms with van der Waals surface area (Å²) < 4.78 is 18.8. The van der Waals surface area contributed by atoms with E-state index in [9.17, 15) is 4.39 Å². The highest BCUT2D eigenvalue weighted by Crippen LogP contribution is 2.20. The fourth-order valence-corrected chi connectivity index (χ4v) is 3.96. The summed E-state index contributed by atoms with van der Waals surface area (Å²) in [6, 6.07) is 5.51. The molecule has 5 nitrogen and oxygen atoms in total. The van der Waals surface area contributed by atoms with Crippen molar-refractivity contribution >= 4 is 11.5 Å². The fraction of sp³-hybridized carbons (Fsp3) is 0.577. The first-order valence-electron chi connectivity index (χ1n) is 11.9. The molecule has 178 valence electrons. The molecule has 0 atom stereocenters. The van der Waals surface area contributed by atoms with E-state index in [0.29, 0.717) is 23.6 Å². The van der Waals surface area contributed by atoms with E-state index in [1.165, 1.54) is 44.6 Å². The zero-order valence-electron chi connectivity index (χ0n) is 20.1. The fourth-order valence-electron chi connectivity index (χ4n) is 3.96. The number of aliphatic imine (C=N–C) groups is 1. The average Bonchev–Trinajstić information content (AvgIpc) is 3.00. The Kier molecular flexibility index (Phi) is 11.3. The van der Waals surface area contributed by atoms with Gasteiger partial charge in [-0.05, 0) is 83.8 Å². The molecule has 0 spiro atoms. The molecule has 1 aliphatic carbocycles. The maximum Gasteiger partial charge on any atom is 0.184 e. The van der Waals surface area contributed by atoms with Crippen molar-refractivity contribution in [2.45, 2.75) is 84.3 Å². The topological polar surface area (TPSA) is 57.7 Å². The van der Waals surface area contributed by atoms with E-state index >= 15 is 0 Å². The molecule has 2 fully saturated rings. The largest absolute Gasteiger partial charge is 0.476 e. The molecule has 2 aliphatic rings. The maximum atomic E-state index is 13.0. The van der Waals surface area contributed by atoms with Crippen molar-refractivity contribution in [1.29, 1.82) is 0 Å². The van der Waals surface area contributed by atoms with Gasteiger partial charge in [0.1, 0.15) is 17.8 Å². The van der Waals surface area contributed by atoms with Gasteiger partial charge in [-0.3, -0.25) is 4.99 Å². The van der Waals surface area contributed by atoms with Crippen LogP contribution in [-0.4, -0.2) is 31.1 Å². The summed E-state index contributed by atoms with van der Waals surface area (Å²) in [5.74, 6) is 1.39. The van der Waals surface area contributed by atoms with E-state index in [4.69, 9.17) is 9.73 Å². The number of hydrogen-bond donors (Lipinski definition) is 3. The summed E-state index contributed by atoms with van der Waals surface area (Å²) in [4.78, 5) is 4.78. The Hall–Kier alpha value is -2.34. The lowest BCUT2D eigenvalue weighted by molar-refractivity contribution is 0.0821. The summed E-state index contributed by atoms with van der Waals surface area (Å²) in [7, 11) is 0. The van der Waals surface area contributed by atoms with Crippen LogP contribution in [0.1, 0.15) is 70.8 Å². The maximum absolute atomic E-state index is 13.0. The Labute approximate surface area is 193 Å². The molecule has 0 aromatic heterocycles. The molecule has 1 aromatic carbocycles. The van der Waals surface area contributed by atoms with Crippen LogP contribution in [0.25, 0.3) is 0 Å². The second kappa shape index (κ2) is 13.9. The molecule has 32 heavy (non-hydrogen) atoms. The Morgan fingerprint density at radius 1 is 1.06 bits per heavy atom. The van der Waals surface area contributed by atoms with E-state index in [-0.39, 0.29) is 5.82 Å². The number of allylic oxidation sites excluding steroid dienone is 1. The SMILES string of the molecule is C=C(C)Nc1ccc(C)c(F)c1.C=C(NC(C)=NC1CCCCCC1)OC1CCNCC1. The molecule has 3 rings (SSSR count). The Bertz CT molecular complexity index is 763. The smallest absolute Gasteiger partial charge is 0.184 e. The summed E-state index contributed by atoms with van der Waals surface area (Å²) >= 11 is 0. The number of ether oxygens (including phenoxy) is 1. The van der Waals surface area contributed by atoms with Gasteiger partial charge in [-0.15, -0.1) is 0 Å². The number of benzene rings is 1. The third kappa shape index (κ3) is 10.3. The van der Waals surface area contributed by atoms with Crippen molar-refractivity contribution in [2.24, 2.45) is 4.99 Å². The second-order valence-corrected chi connectivity index (χ2v) is 8.84. The predicted octanol–water partition coefficient (Wildman–Crippen LogP) is 6.04. The average molecular weight is 445 g/mol. The van der Waals surface area contributed by atoms with E-state index in [1.807, 2.05) is 19.9 Å². The van der Waals surface area contributed by atoms with Gasteiger partial charge in [-0.2, -0.15) is 0 Å². The van der Waals surface area contributed by atoms with Gasteiger partial charge in [0.05, 0.1) is 6.04 Å². The van der Waals surface area contributed by atoms with Crippen molar-refractivity contribution in [3.05, 3.63) is 54.3 Å². The van der Waals surface area contributed by atoms with Gasteiger partial charge in [0.15, 0.2) is 5.88 Å². The zero-order chi connectivity index (χ0) is 23.3. The lowest BCUT2D eigenvalue weighted by Gasteiger charge is -2.25. The molecule has 0 unspecified atom stereocenters. The molecule has 0 bridgehead atoms. The predicted molar refractivity (Wildman–Crippen MR) is 133 cm³/mol. The second-order valence-electron chi connectivity index (χ2n) is 8.84. The standard InChI is InChI=1S/C16H29N3O.C10H12FN/c1-13(19-15-7-5-3-4-6-8-15)18-14(2)20-16-9-11-17-12-10-16;1-7(2)12-9-5-4-8(3)10(11)6-9/h15-17H,2-12H2,1H3,(H,18,19);4-6,12H,1H2,2-3H3. The molecule has 6 heteroatoms. The molecule has 1 heterocycles. The minimum atomic E-state index is -0.193. The quantitative estimate of drug-likeness (QED) is 0.217. The summed E-state index contributed by atoms with van der Waals surface area (Å²) in [5.41, 5.74) is 2.20. The first-order valence-corrected chi connectivity index (χ1v) is 11.9. The molecule has 1 saturated carbocycles. The van der Waals surface area contributed by atoms with Crippen LogP contribution >= 0.6 is 0 Å². The Morgan fingerprint density at radius 2 is 1.72 bits per heavy atom. The molecule has 3 N–H and O–H groups in total. The van der Waals surface area contributed by atoms with Crippen LogP contribution in [0.2, 0.25) is 0 Å². The molecule has 1 aromatic rings. The molecular formula is C26H41FN4O. The molecule has 0 radical (unpaired) electrons. The number of halogens is 1. The van der Waals surface area contributed by atoms with Gasteiger partial charge in [0.25, 0.3) is 0 Å². The number of piperidine rings is 1. The number of nitrogens with zero attached hydrogens (tertiary/aromatic N) is 1. The first-order chi connectivity index (χ1) is 15.3. The Morgan fingerprint density at radius 3 is 2.31 bits per heavy atom. The number of aryl methyl sites for hydroxylation is 1. The van der Waals surface area contributed by atoms with Gasteiger partial charge in [0, 0.05) is 11.4 Å². The van der Waals surface area contributed by atoms with Crippen LogP contribution in [0.5, 0.6) is 0 Å². The number of rotatable bonds is 6. The van der Waals surface area contributed by atoms with Crippen LogP contribution in [0.3, 0.4) is 0 Å². The third-order valence-corrected chi connectivity index (χ3v) is 5.65. The number of nitrogens with one attached hydrogen (secondary N) is 3. The normalized spacial score (nSPS) is 18.1. The number of hydrogen-bond acceptors (Lipinski definition) is 4. The van der Waals surface area contributed by atoms with Gasteiger partial charge < -0.3 is 20.7 Å². The lowest BCUT2D eigenvalue weighted by atomic mass is 10.1. The monoisotopic (exact) mass is 444 g/mol. The lowest BCUT2D eigenvalue weighted by Crippen LogP contribution is -2.34. The van der Waals surface area contributed by atoms with Crippen molar-refractivity contribution in [3.63, 3.8) is 0 Å². The molecule has 1 saturated heterocycles. The summed E-state index contributed by atoms with van der Waals surface area (Å²) in [6.07, 6.45) is 10.2. The highest BCUT2D eigenvalue weighted by atomic mass is 19.1. The van der Waals surface area contributed by atoms with E-state index in [2.05, 4.69) is 29.1 Å². The molecule has 1 aliphatic heterocycles. The highest BCUT2D eigenvalue weighted by molar-refractivity contribution is 5.81. The number of amidine groups is 1.